The minimum absolute atomic E-state index is 0.00751. The minimum Gasteiger partial charge on any atom is -0.487 e. The molecule has 16 heteroatoms. The fourth-order valence-electron chi connectivity index (χ4n) is 4.24. The van der Waals surface area contributed by atoms with Crippen molar-refractivity contribution in [2.45, 2.75) is 38.8 Å². The Morgan fingerprint density at radius 1 is 1.14 bits per heavy atom. The number of hydrogen-bond acceptors (Lipinski definition) is 8. The number of fused-ring (bicyclic) bond motifs is 1. The Labute approximate surface area is 265 Å². The van der Waals surface area contributed by atoms with Crippen LogP contribution < -0.4 is 9.47 Å². The zero-order valence-electron chi connectivity index (χ0n) is 22.1. The number of ether oxygens (including phenoxy) is 3. The van der Waals surface area contributed by atoms with Gasteiger partial charge in [0.1, 0.15) is 35.9 Å². The van der Waals surface area contributed by atoms with E-state index >= 15 is 0 Å². The Bertz CT molecular complexity index is 1760. The van der Waals surface area contributed by atoms with Crippen LogP contribution in [0, 0.1) is 0 Å². The Kier molecular flexibility index (Phi) is 9.49. The fourth-order valence-corrected chi connectivity index (χ4v) is 6.70. The number of benzene rings is 1. The third-order valence-electron chi connectivity index (χ3n) is 6.09. The van der Waals surface area contributed by atoms with Crippen molar-refractivity contribution in [1.82, 2.24) is 24.4 Å². The van der Waals surface area contributed by atoms with Crippen molar-refractivity contribution in [2.75, 3.05) is 6.61 Å². The molecule has 0 aliphatic carbocycles. The predicted molar refractivity (Wildman–Crippen MR) is 158 cm³/mol. The van der Waals surface area contributed by atoms with E-state index in [2.05, 4.69) is 31.1 Å². The smallest absolute Gasteiger partial charge is 0.408 e. The van der Waals surface area contributed by atoms with Crippen molar-refractivity contribution in [3.63, 3.8) is 0 Å². The van der Waals surface area contributed by atoms with E-state index in [4.69, 9.17) is 37.4 Å². The number of aromatic nitrogens is 5. The van der Waals surface area contributed by atoms with Crippen molar-refractivity contribution >= 4 is 62.0 Å². The van der Waals surface area contributed by atoms with Crippen LogP contribution in [-0.4, -0.2) is 49.2 Å². The molecule has 0 spiro atoms. The summed E-state index contributed by atoms with van der Waals surface area (Å²) in [6, 6.07) is 11.8. The average molecular weight is 719 g/mol. The van der Waals surface area contributed by atoms with Gasteiger partial charge in [0.05, 0.1) is 21.1 Å². The van der Waals surface area contributed by atoms with Crippen LogP contribution in [0.1, 0.15) is 18.2 Å². The molecule has 43 heavy (non-hydrogen) atoms. The van der Waals surface area contributed by atoms with E-state index in [-0.39, 0.29) is 36.4 Å². The van der Waals surface area contributed by atoms with Crippen LogP contribution in [0.25, 0.3) is 16.0 Å². The van der Waals surface area contributed by atoms with Gasteiger partial charge in [0, 0.05) is 23.1 Å². The lowest BCUT2D eigenvalue weighted by atomic mass is 10.1. The number of hydrogen-bond donors (Lipinski definition) is 0. The van der Waals surface area contributed by atoms with Gasteiger partial charge in [-0.2, -0.15) is 28.4 Å². The molecule has 0 aliphatic rings. The molecule has 0 saturated carbocycles. The minimum atomic E-state index is -4.44. The third kappa shape index (κ3) is 7.08. The fraction of sp³-hybridized carbons (Fsp3) is 0.259. The van der Waals surface area contributed by atoms with Crippen LogP contribution >= 0.6 is 50.5 Å². The van der Waals surface area contributed by atoms with Crippen molar-refractivity contribution in [1.29, 1.82) is 0 Å². The molecular formula is C27H21BrCl2F3N5O4S. The number of carbonyl (C=O) groups excluding carboxylic acids is 1. The Morgan fingerprint density at radius 3 is 2.65 bits per heavy atom. The standard InChI is InChI=1S/C27H21BrCl2F3N5O4S/c1-2-40-26(39)18(11-15-5-3-4-6-17(15)41-12-16-9-10-35-37(16)13-27(31,32)33)42-25-23-22(28)21(19-7-8-20(29)43-19)24(30)38(23)36-14-34-25/h3-10,14,18H,2,11-13H2,1H3/t18-/m1/s1. The number of esters is 1. The zero-order valence-corrected chi connectivity index (χ0v) is 26.1. The van der Waals surface area contributed by atoms with E-state index in [0.29, 0.717) is 31.2 Å². The Hall–Kier alpha value is -3.33. The maximum atomic E-state index is 13.1. The molecule has 5 rings (SSSR count). The predicted octanol–water partition coefficient (Wildman–Crippen LogP) is 7.42. The molecule has 0 amide bonds. The first-order chi connectivity index (χ1) is 20.6. The summed E-state index contributed by atoms with van der Waals surface area (Å²) in [4.78, 5) is 18.1. The largest absolute Gasteiger partial charge is 0.487 e. The molecule has 0 N–H and O–H groups in total. The Balaban J connectivity index is 1.43. The van der Waals surface area contributed by atoms with Gasteiger partial charge in [0.2, 0.25) is 12.0 Å². The molecule has 226 valence electrons. The zero-order chi connectivity index (χ0) is 30.7. The van der Waals surface area contributed by atoms with Crippen molar-refractivity contribution in [2.24, 2.45) is 0 Å². The summed E-state index contributed by atoms with van der Waals surface area (Å²) in [6.45, 7) is 0.340. The van der Waals surface area contributed by atoms with Gasteiger partial charge in [-0.15, -0.1) is 11.3 Å². The average Bonchev–Trinajstić information content (AvgIpc) is 3.65. The highest BCUT2D eigenvalue weighted by atomic mass is 79.9. The maximum Gasteiger partial charge on any atom is 0.408 e. The summed E-state index contributed by atoms with van der Waals surface area (Å²) >= 11 is 17.7. The molecule has 4 aromatic heterocycles. The quantitative estimate of drug-likeness (QED) is 0.131. The monoisotopic (exact) mass is 717 g/mol. The summed E-state index contributed by atoms with van der Waals surface area (Å²) in [5.74, 6) is -0.252. The summed E-state index contributed by atoms with van der Waals surface area (Å²) in [7, 11) is 0. The summed E-state index contributed by atoms with van der Waals surface area (Å²) in [6.07, 6.45) is -3.11. The number of para-hydroxylation sites is 1. The first-order valence-corrected chi connectivity index (χ1v) is 15.0. The lowest BCUT2D eigenvalue weighted by Gasteiger charge is -2.19. The molecule has 9 nitrogen and oxygen atoms in total. The van der Waals surface area contributed by atoms with Crippen LogP contribution in [-0.2, 0) is 29.1 Å². The summed E-state index contributed by atoms with van der Waals surface area (Å²) < 4.78 is 59.5. The summed E-state index contributed by atoms with van der Waals surface area (Å²) in [5.41, 5.74) is 1.78. The van der Waals surface area contributed by atoms with Gasteiger partial charge in [0.25, 0.3) is 0 Å². The number of alkyl halides is 3. The highest BCUT2D eigenvalue weighted by Gasteiger charge is 2.30. The Morgan fingerprint density at radius 2 is 1.93 bits per heavy atom. The van der Waals surface area contributed by atoms with Gasteiger partial charge in [0.15, 0.2) is 0 Å². The normalized spacial score (nSPS) is 12.4. The van der Waals surface area contributed by atoms with Gasteiger partial charge in [-0.25, -0.2) is 9.31 Å². The molecule has 5 aromatic rings. The molecule has 0 aliphatic heterocycles. The topological polar surface area (TPSA) is 92.8 Å². The molecule has 4 heterocycles. The van der Waals surface area contributed by atoms with E-state index < -0.39 is 24.8 Å². The maximum absolute atomic E-state index is 13.1. The van der Waals surface area contributed by atoms with Crippen LogP contribution in [0.5, 0.6) is 11.6 Å². The molecule has 1 aromatic carbocycles. The first-order valence-electron chi connectivity index (χ1n) is 12.6. The van der Waals surface area contributed by atoms with E-state index in [1.807, 2.05) is 6.07 Å². The number of halogens is 6. The number of thiophene rings is 1. The van der Waals surface area contributed by atoms with Gasteiger partial charge in [-0.1, -0.05) is 41.4 Å². The molecule has 1 atom stereocenters. The van der Waals surface area contributed by atoms with Gasteiger partial charge in [-0.3, -0.25) is 4.68 Å². The van der Waals surface area contributed by atoms with E-state index in [1.54, 1.807) is 37.3 Å². The van der Waals surface area contributed by atoms with Crippen LogP contribution in [0.3, 0.4) is 0 Å². The van der Waals surface area contributed by atoms with Crippen molar-refractivity contribution in [3.8, 4) is 22.1 Å². The van der Waals surface area contributed by atoms with E-state index in [0.717, 1.165) is 9.56 Å². The second kappa shape index (κ2) is 13.1. The van der Waals surface area contributed by atoms with E-state index in [9.17, 15) is 18.0 Å². The van der Waals surface area contributed by atoms with Crippen LogP contribution in [0.2, 0.25) is 9.49 Å². The molecule has 0 unspecified atom stereocenters. The highest BCUT2D eigenvalue weighted by molar-refractivity contribution is 9.10. The van der Waals surface area contributed by atoms with Crippen molar-refractivity contribution in [3.05, 3.63) is 80.2 Å². The number of carbonyl (C=O) groups is 1. The van der Waals surface area contributed by atoms with Crippen molar-refractivity contribution < 1.29 is 32.2 Å². The number of nitrogens with zero attached hydrogens (tertiary/aromatic N) is 5. The lowest BCUT2D eigenvalue weighted by molar-refractivity contribution is -0.151. The number of rotatable bonds is 11. The molecule has 0 radical (unpaired) electrons. The molecule has 0 saturated heterocycles. The summed E-state index contributed by atoms with van der Waals surface area (Å²) in [5, 5.41) is 8.26. The van der Waals surface area contributed by atoms with Crippen LogP contribution in [0.15, 0.2) is 59.5 Å². The molecule has 0 fully saturated rings. The third-order valence-corrected chi connectivity index (χ3v) is 8.46. The van der Waals surface area contributed by atoms with Gasteiger partial charge in [-0.05, 0) is 52.7 Å². The van der Waals surface area contributed by atoms with E-state index in [1.165, 1.54) is 34.4 Å². The first kappa shape index (κ1) is 31.1. The van der Waals surface area contributed by atoms with Crippen LogP contribution in [0.4, 0.5) is 13.2 Å². The van der Waals surface area contributed by atoms with Gasteiger partial charge < -0.3 is 14.2 Å². The molecular weight excluding hydrogens is 698 g/mol. The van der Waals surface area contributed by atoms with Gasteiger partial charge >= 0.3 is 12.1 Å². The second-order valence-corrected chi connectivity index (χ2v) is 11.8. The lowest BCUT2D eigenvalue weighted by Crippen LogP contribution is -2.32. The highest BCUT2D eigenvalue weighted by Crippen LogP contribution is 2.45. The second-order valence-electron chi connectivity index (χ2n) is 8.96. The SMILES string of the molecule is CCOC(=O)[C@@H](Cc1ccccc1OCc1ccnn1CC(F)(F)F)Oc1ncnn2c(Cl)c(-c3ccc(Cl)s3)c(Br)c12. The molecule has 0 bridgehead atoms.